The average molecular weight is 454 g/mol. The number of hydrogen-bond acceptors (Lipinski definition) is 6. The van der Waals surface area contributed by atoms with Crippen molar-refractivity contribution >= 4 is 34.1 Å². The zero-order valence-electron chi connectivity index (χ0n) is 18.6. The van der Waals surface area contributed by atoms with Gasteiger partial charge in [0.25, 0.3) is 5.56 Å². The maximum Gasteiger partial charge on any atom is 0.332 e. The number of phenols is 1. The second-order valence-corrected chi connectivity index (χ2v) is 7.97. The zero-order chi connectivity index (χ0) is 23.8. The topological polar surface area (TPSA) is 106 Å². The van der Waals surface area contributed by atoms with Gasteiger partial charge < -0.3 is 5.11 Å². The number of hydrogen-bond donors (Lipinski definition) is 2. The summed E-state index contributed by atoms with van der Waals surface area (Å²) in [4.78, 5) is 30.1. The first-order valence-corrected chi connectivity index (χ1v) is 10.7. The molecule has 9 heteroatoms. The summed E-state index contributed by atoms with van der Waals surface area (Å²) >= 11 is 0. The molecule has 9 nitrogen and oxygen atoms in total. The number of aryl methyl sites for hydroxylation is 1. The number of rotatable bonds is 5. The van der Waals surface area contributed by atoms with E-state index in [1.165, 1.54) is 17.8 Å². The molecule has 5 aromatic rings. The number of aromatic hydroxyl groups is 1. The van der Waals surface area contributed by atoms with Gasteiger partial charge in [0.2, 0.25) is 5.95 Å². The molecule has 0 amide bonds. The van der Waals surface area contributed by atoms with Crippen molar-refractivity contribution in [2.75, 3.05) is 5.43 Å². The molecular formula is C25H22N6O3. The Morgan fingerprint density at radius 1 is 0.971 bits per heavy atom. The van der Waals surface area contributed by atoms with Crippen molar-refractivity contribution < 1.29 is 5.11 Å². The van der Waals surface area contributed by atoms with E-state index in [2.05, 4.69) is 15.5 Å². The lowest BCUT2D eigenvalue weighted by Crippen LogP contribution is -2.37. The van der Waals surface area contributed by atoms with Gasteiger partial charge in [-0.3, -0.25) is 18.5 Å². The monoisotopic (exact) mass is 454 g/mol. The SMILES string of the molecule is Cn1c(=O)c2c(nc(N/N=C/c3ccccc3O)n2Cc2cccc3ccccc23)n(C)c1=O. The van der Waals surface area contributed by atoms with E-state index in [4.69, 9.17) is 0 Å². The van der Waals surface area contributed by atoms with Crippen LogP contribution in [0.3, 0.4) is 0 Å². The molecule has 3 aromatic carbocycles. The quantitative estimate of drug-likeness (QED) is 0.314. The summed E-state index contributed by atoms with van der Waals surface area (Å²) < 4.78 is 4.13. The first kappa shape index (κ1) is 21.2. The Labute approximate surface area is 193 Å². The highest BCUT2D eigenvalue weighted by atomic mass is 16.3. The first-order valence-electron chi connectivity index (χ1n) is 10.7. The van der Waals surface area contributed by atoms with E-state index in [-0.39, 0.29) is 16.9 Å². The van der Waals surface area contributed by atoms with Gasteiger partial charge in [0, 0.05) is 19.7 Å². The van der Waals surface area contributed by atoms with E-state index in [0.29, 0.717) is 18.1 Å². The lowest BCUT2D eigenvalue weighted by atomic mass is 10.0. The van der Waals surface area contributed by atoms with Crippen LogP contribution in [-0.2, 0) is 20.6 Å². The van der Waals surface area contributed by atoms with Crippen LogP contribution >= 0.6 is 0 Å². The highest BCUT2D eigenvalue weighted by molar-refractivity contribution is 5.86. The van der Waals surface area contributed by atoms with Gasteiger partial charge in [-0.2, -0.15) is 10.1 Å². The third-order valence-electron chi connectivity index (χ3n) is 5.86. The Hall–Kier alpha value is -4.66. The number of fused-ring (bicyclic) bond motifs is 2. The van der Waals surface area contributed by atoms with E-state index < -0.39 is 11.2 Å². The Morgan fingerprint density at radius 2 is 1.71 bits per heavy atom. The van der Waals surface area contributed by atoms with Crippen LogP contribution in [0.25, 0.3) is 21.9 Å². The van der Waals surface area contributed by atoms with E-state index >= 15 is 0 Å². The molecule has 0 bridgehead atoms. The van der Waals surface area contributed by atoms with Crippen LogP contribution in [0.4, 0.5) is 5.95 Å². The number of nitrogens with one attached hydrogen (secondary N) is 1. The molecule has 0 aliphatic carbocycles. The summed E-state index contributed by atoms with van der Waals surface area (Å²) in [5.41, 5.74) is 4.04. The van der Waals surface area contributed by atoms with Crippen LogP contribution in [0.5, 0.6) is 5.75 Å². The number of para-hydroxylation sites is 1. The number of aromatic nitrogens is 4. The molecule has 0 saturated heterocycles. The summed E-state index contributed by atoms with van der Waals surface area (Å²) in [6.45, 7) is 0.333. The minimum atomic E-state index is -0.462. The molecule has 170 valence electrons. The van der Waals surface area contributed by atoms with Crippen molar-refractivity contribution in [2.24, 2.45) is 19.2 Å². The minimum Gasteiger partial charge on any atom is -0.507 e. The fraction of sp³-hybridized carbons (Fsp3) is 0.120. The first-order chi connectivity index (χ1) is 16.5. The van der Waals surface area contributed by atoms with Crippen LogP contribution in [0, 0.1) is 0 Å². The number of hydrazone groups is 1. The predicted octanol–water partition coefficient (Wildman–Crippen LogP) is 2.79. The lowest BCUT2D eigenvalue weighted by molar-refractivity contribution is 0.474. The van der Waals surface area contributed by atoms with E-state index in [1.807, 2.05) is 42.5 Å². The van der Waals surface area contributed by atoms with Crippen molar-refractivity contribution in [1.82, 2.24) is 18.7 Å². The molecule has 2 aromatic heterocycles. The molecule has 2 N–H and O–H groups in total. The molecule has 0 radical (unpaired) electrons. The zero-order valence-corrected chi connectivity index (χ0v) is 18.6. The van der Waals surface area contributed by atoms with Crippen LogP contribution in [-0.4, -0.2) is 30.0 Å². The molecule has 0 spiro atoms. The Morgan fingerprint density at radius 3 is 2.53 bits per heavy atom. The number of nitrogens with zero attached hydrogens (tertiary/aromatic N) is 5. The van der Waals surface area contributed by atoms with E-state index in [9.17, 15) is 14.7 Å². The smallest absolute Gasteiger partial charge is 0.332 e. The van der Waals surface area contributed by atoms with E-state index in [0.717, 1.165) is 20.9 Å². The van der Waals surface area contributed by atoms with Crippen LogP contribution in [0.2, 0.25) is 0 Å². The van der Waals surface area contributed by atoms with Gasteiger partial charge in [-0.05, 0) is 28.5 Å². The summed E-state index contributed by atoms with van der Waals surface area (Å²) in [5.74, 6) is 0.390. The van der Waals surface area contributed by atoms with Crippen LogP contribution < -0.4 is 16.7 Å². The molecule has 0 unspecified atom stereocenters. The van der Waals surface area contributed by atoms with Crippen molar-refractivity contribution in [2.45, 2.75) is 6.54 Å². The van der Waals surface area contributed by atoms with Gasteiger partial charge in [-0.25, -0.2) is 10.2 Å². The van der Waals surface area contributed by atoms with Crippen molar-refractivity contribution in [3.05, 3.63) is 98.7 Å². The minimum absolute atomic E-state index is 0.0913. The third kappa shape index (κ3) is 3.53. The molecule has 0 saturated carbocycles. The number of benzene rings is 3. The largest absolute Gasteiger partial charge is 0.507 e. The molecule has 0 fully saturated rings. The van der Waals surface area contributed by atoms with E-state index in [1.54, 1.807) is 35.9 Å². The van der Waals surface area contributed by atoms with Gasteiger partial charge in [0.15, 0.2) is 11.2 Å². The number of imidazole rings is 1. The Bertz CT molecular complexity index is 1690. The van der Waals surface area contributed by atoms with Crippen molar-refractivity contribution in [3.8, 4) is 5.75 Å². The van der Waals surface area contributed by atoms with Gasteiger partial charge >= 0.3 is 5.69 Å². The van der Waals surface area contributed by atoms with Crippen molar-refractivity contribution in [3.63, 3.8) is 0 Å². The molecule has 0 aliphatic rings. The Balaban J connectivity index is 1.67. The highest BCUT2D eigenvalue weighted by Gasteiger charge is 2.19. The summed E-state index contributed by atoms with van der Waals surface area (Å²) in [7, 11) is 3.03. The molecule has 34 heavy (non-hydrogen) atoms. The molecular weight excluding hydrogens is 432 g/mol. The molecule has 0 aliphatic heterocycles. The summed E-state index contributed by atoms with van der Waals surface area (Å²) in [6.07, 6.45) is 1.47. The molecule has 5 rings (SSSR count). The number of anilines is 1. The third-order valence-corrected chi connectivity index (χ3v) is 5.86. The summed E-state index contributed by atoms with van der Waals surface area (Å²) in [5, 5.41) is 16.3. The van der Waals surface area contributed by atoms with Crippen LogP contribution in [0.1, 0.15) is 11.1 Å². The molecule has 0 atom stereocenters. The normalized spacial score (nSPS) is 11.6. The lowest BCUT2D eigenvalue weighted by Gasteiger charge is -2.11. The van der Waals surface area contributed by atoms with Gasteiger partial charge in [0.1, 0.15) is 5.75 Å². The van der Waals surface area contributed by atoms with Crippen LogP contribution in [0.15, 0.2) is 81.4 Å². The number of phenolic OH excluding ortho intramolecular Hbond substituents is 1. The van der Waals surface area contributed by atoms with Crippen molar-refractivity contribution in [1.29, 1.82) is 0 Å². The maximum atomic E-state index is 13.1. The van der Waals surface area contributed by atoms with Gasteiger partial charge in [-0.15, -0.1) is 0 Å². The second kappa shape index (κ2) is 8.36. The maximum absolute atomic E-state index is 13.1. The van der Waals surface area contributed by atoms with Gasteiger partial charge in [0.05, 0.1) is 12.8 Å². The fourth-order valence-corrected chi connectivity index (χ4v) is 4.04. The second-order valence-electron chi connectivity index (χ2n) is 7.97. The highest BCUT2D eigenvalue weighted by Crippen LogP contribution is 2.23. The van der Waals surface area contributed by atoms with Gasteiger partial charge in [-0.1, -0.05) is 54.6 Å². The fourth-order valence-electron chi connectivity index (χ4n) is 4.04. The average Bonchev–Trinajstić information content (AvgIpc) is 3.21. The summed E-state index contributed by atoms with van der Waals surface area (Å²) in [6, 6.07) is 20.8. The molecule has 2 heterocycles. The predicted molar refractivity (Wildman–Crippen MR) is 133 cm³/mol. The standard InChI is InChI=1S/C25H22N6O3/c1-29-22-21(23(33)30(2)25(29)34)31(15-18-11-7-10-16-8-3-5-12-19(16)18)24(27-22)28-26-14-17-9-4-6-13-20(17)32/h3-14,32H,15H2,1-2H3,(H,27,28)/b26-14+. The Kier molecular flexibility index (Phi) is 5.21.